The van der Waals surface area contributed by atoms with E-state index in [-0.39, 0.29) is 21.4 Å². The van der Waals surface area contributed by atoms with Gasteiger partial charge in [0, 0.05) is 12.6 Å². The van der Waals surface area contributed by atoms with Crippen LogP contribution in [0.1, 0.15) is 57.6 Å². The number of nitrogens with one attached hydrogen (secondary N) is 1. The molecule has 1 fully saturated rings. The molecule has 1 aliphatic rings. The summed E-state index contributed by atoms with van der Waals surface area (Å²) in [7, 11) is -4.18. The van der Waals surface area contributed by atoms with E-state index in [4.69, 9.17) is 4.74 Å². The van der Waals surface area contributed by atoms with Crippen molar-refractivity contribution in [1.29, 1.82) is 0 Å². The van der Waals surface area contributed by atoms with Crippen molar-refractivity contribution < 1.29 is 27.9 Å². The predicted octanol–water partition coefficient (Wildman–Crippen LogP) is 4.72. The summed E-state index contributed by atoms with van der Waals surface area (Å²) in [6.07, 6.45) is 4.93. The van der Waals surface area contributed by atoms with Crippen molar-refractivity contribution in [3.8, 4) is 0 Å². The Morgan fingerprint density at radius 2 is 1.89 bits per heavy atom. The minimum atomic E-state index is -4.18. The zero-order chi connectivity index (χ0) is 26.5. The van der Waals surface area contributed by atoms with Crippen LogP contribution in [0, 0.1) is 12.8 Å². The first-order valence-electron chi connectivity index (χ1n) is 12.1. The second kappa shape index (κ2) is 11.7. The molecule has 9 nitrogen and oxygen atoms in total. The molecule has 1 saturated carbocycles. The number of benzene rings is 1. The van der Waals surface area contributed by atoms with Crippen LogP contribution in [0.5, 0.6) is 0 Å². The number of hydrogen-bond acceptors (Lipinski definition) is 7. The number of ether oxygens (including phenoxy) is 1. The van der Waals surface area contributed by atoms with Gasteiger partial charge in [-0.25, -0.2) is 18.2 Å². The molecule has 0 aliphatic heterocycles. The number of aliphatic carboxylic acids is 1. The topological polar surface area (TPSA) is 126 Å². The van der Waals surface area contributed by atoms with Crippen molar-refractivity contribution in [3.05, 3.63) is 41.6 Å². The summed E-state index contributed by atoms with van der Waals surface area (Å²) < 4.78 is 29.2. The van der Waals surface area contributed by atoms with Crippen molar-refractivity contribution in [2.75, 3.05) is 18.5 Å². The lowest BCUT2D eigenvalue weighted by Crippen LogP contribution is -2.46. The summed E-state index contributed by atoms with van der Waals surface area (Å²) in [5, 5.41) is 12.2. The number of hydrogen-bond donors (Lipinski definition) is 2. The molecule has 1 aliphatic carbocycles. The third-order valence-corrected chi connectivity index (χ3v) is 10.6. The Hall–Kier alpha value is -2.50. The highest BCUT2D eigenvalue weighted by molar-refractivity contribution is 7.95. The van der Waals surface area contributed by atoms with Gasteiger partial charge < -0.3 is 14.7 Å². The largest absolute Gasteiger partial charge is 0.480 e. The molecule has 0 unspecified atom stereocenters. The van der Waals surface area contributed by atoms with E-state index in [9.17, 15) is 23.1 Å². The third kappa shape index (κ3) is 6.43. The summed E-state index contributed by atoms with van der Waals surface area (Å²) in [6, 6.07) is 7.67. The molecule has 0 saturated heterocycles. The molecule has 1 aromatic carbocycles. The Morgan fingerprint density at radius 3 is 2.53 bits per heavy atom. The van der Waals surface area contributed by atoms with Gasteiger partial charge in [-0.1, -0.05) is 42.5 Å². The molecule has 0 spiro atoms. The molecule has 2 N–H and O–H groups in total. The van der Waals surface area contributed by atoms with Crippen molar-refractivity contribution in [2.45, 2.75) is 75.0 Å². The van der Waals surface area contributed by atoms with Crippen LogP contribution in [0.4, 0.5) is 9.93 Å². The molecule has 198 valence electrons. The maximum absolute atomic E-state index is 13.3. The lowest BCUT2D eigenvalue weighted by Gasteiger charge is -2.36. The number of carbonyl (C=O) groups is 2. The van der Waals surface area contributed by atoms with Gasteiger partial charge in [0.15, 0.2) is 9.88 Å². The Morgan fingerprint density at radius 1 is 1.22 bits per heavy atom. The first kappa shape index (κ1) is 28.1. The van der Waals surface area contributed by atoms with Gasteiger partial charge in [-0.05, 0) is 63.5 Å². The molecule has 2 amide bonds. The quantitative estimate of drug-likeness (QED) is 0.420. The van der Waals surface area contributed by atoms with E-state index < -0.39 is 20.6 Å². The third-order valence-electron chi connectivity index (χ3n) is 6.83. The number of carboxylic acids is 1. The van der Waals surface area contributed by atoms with Gasteiger partial charge in [-0.15, -0.1) is 0 Å². The number of nitrogens with zero attached hydrogens (tertiary/aromatic N) is 2. The highest BCUT2D eigenvalue weighted by atomic mass is 32.2. The maximum atomic E-state index is 13.3. The number of carboxylic acid groups (broad SMARTS) is 1. The van der Waals surface area contributed by atoms with E-state index in [1.165, 1.54) is 0 Å². The SMILES string of the molecule is Cc1ccccc1COCCN(C(=O)Nc1ncc(S(=O)(=O)C(C)(C)C(=O)O)s1)C1CCC(C)CC1. The zero-order valence-corrected chi connectivity index (χ0v) is 22.8. The fourth-order valence-electron chi connectivity index (χ4n) is 4.09. The van der Waals surface area contributed by atoms with Gasteiger partial charge in [-0.2, -0.15) is 0 Å². The molecule has 1 heterocycles. The number of anilines is 1. The highest BCUT2D eigenvalue weighted by Gasteiger charge is 2.44. The molecule has 0 radical (unpaired) electrons. The summed E-state index contributed by atoms with van der Waals surface area (Å²) in [5.74, 6) is -0.835. The number of urea groups is 1. The van der Waals surface area contributed by atoms with Crippen LogP contribution in [-0.2, 0) is 26.0 Å². The Balaban J connectivity index is 1.68. The van der Waals surface area contributed by atoms with E-state index in [0.717, 1.165) is 68.2 Å². The van der Waals surface area contributed by atoms with Gasteiger partial charge >= 0.3 is 12.0 Å². The minimum absolute atomic E-state index is 0.0531. The fourth-order valence-corrected chi connectivity index (χ4v) is 6.86. The normalized spacial score (nSPS) is 18.6. The van der Waals surface area contributed by atoms with E-state index in [1.807, 2.05) is 31.2 Å². The van der Waals surface area contributed by atoms with Crippen LogP contribution in [0.15, 0.2) is 34.7 Å². The first-order chi connectivity index (χ1) is 16.9. The second-order valence-corrected chi connectivity index (χ2v) is 13.6. The van der Waals surface area contributed by atoms with Gasteiger partial charge in [0.25, 0.3) is 0 Å². The van der Waals surface area contributed by atoms with Crippen LogP contribution in [0.25, 0.3) is 0 Å². The van der Waals surface area contributed by atoms with E-state index in [0.29, 0.717) is 25.7 Å². The van der Waals surface area contributed by atoms with Gasteiger partial charge in [0.1, 0.15) is 4.21 Å². The lowest BCUT2D eigenvalue weighted by atomic mass is 9.86. The van der Waals surface area contributed by atoms with Crippen molar-refractivity contribution in [3.63, 3.8) is 0 Å². The standard InChI is InChI=1S/C25H35N3O6S2/c1-17-9-11-20(12-10-17)28(13-14-34-16-19-8-6-5-7-18(19)2)24(31)27-23-26-15-21(35-23)36(32,33)25(3,4)22(29)30/h5-8,15,17,20H,9-14,16H2,1-4H3,(H,29,30)(H,26,27,31). The summed E-state index contributed by atoms with van der Waals surface area (Å²) >= 11 is 0.752. The van der Waals surface area contributed by atoms with Crippen molar-refractivity contribution in [2.24, 2.45) is 5.92 Å². The molecular weight excluding hydrogens is 502 g/mol. The van der Waals surface area contributed by atoms with Gasteiger partial charge in [0.2, 0.25) is 9.84 Å². The summed E-state index contributed by atoms with van der Waals surface area (Å²) in [6.45, 7) is 7.70. The smallest absolute Gasteiger partial charge is 0.324 e. The van der Waals surface area contributed by atoms with E-state index in [1.54, 1.807) is 4.90 Å². The Kier molecular flexibility index (Phi) is 9.13. The molecule has 36 heavy (non-hydrogen) atoms. The number of rotatable bonds is 10. The number of amides is 2. The van der Waals surface area contributed by atoms with Crippen LogP contribution in [0.2, 0.25) is 0 Å². The highest BCUT2D eigenvalue weighted by Crippen LogP contribution is 2.32. The van der Waals surface area contributed by atoms with Crippen molar-refractivity contribution >= 4 is 38.3 Å². The average molecular weight is 538 g/mol. The number of aryl methyl sites for hydroxylation is 1. The fraction of sp³-hybridized carbons (Fsp3) is 0.560. The zero-order valence-electron chi connectivity index (χ0n) is 21.2. The van der Waals surface area contributed by atoms with Crippen LogP contribution in [0.3, 0.4) is 0 Å². The number of thiazole rings is 1. The second-order valence-electron chi connectivity index (χ2n) is 9.82. The van der Waals surface area contributed by atoms with Crippen LogP contribution in [-0.4, -0.2) is 59.3 Å². The Bertz CT molecular complexity index is 1170. The molecule has 11 heteroatoms. The molecule has 1 aromatic heterocycles. The molecule has 0 atom stereocenters. The Labute approximate surface area is 216 Å². The molecule has 0 bridgehead atoms. The summed E-state index contributed by atoms with van der Waals surface area (Å²) in [4.78, 5) is 30.5. The number of carbonyl (C=O) groups excluding carboxylic acids is 1. The van der Waals surface area contributed by atoms with Gasteiger partial charge in [0.05, 0.1) is 19.4 Å². The van der Waals surface area contributed by atoms with Crippen LogP contribution >= 0.6 is 11.3 Å². The monoisotopic (exact) mass is 537 g/mol. The average Bonchev–Trinajstić information content (AvgIpc) is 3.30. The molecule has 2 aromatic rings. The van der Waals surface area contributed by atoms with Crippen LogP contribution < -0.4 is 5.32 Å². The maximum Gasteiger partial charge on any atom is 0.324 e. The summed E-state index contributed by atoms with van der Waals surface area (Å²) in [5.41, 5.74) is 2.25. The molecular formula is C25H35N3O6S2. The molecule has 3 rings (SSSR count). The van der Waals surface area contributed by atoms with E-state index >= 15 is 0 Å². The number of aromatic nitrogens is 1. The lowest BCUT2D eigenvalue weighted by molar-refractivity contribution is -0.139. The first-order valence-corrected chi connectivity index (χ1v) is 14.4. The predicted molar refractivity (Wildman–Crippen MR) is 139 cm³/mol. The number of sulfone groups is 1. The minimum Gasteiger partial charge on any atom is -0.480 e. The van der Waals surface area contributed by atoms with E-state index in [2.05, 4.69) is 17.2 Å². The van der Waals surface area contributed by atoms with Crippen molar-refractivity contribution in [1.82, 2.24) is 9.88 Å². The van der Waals surface area contributed by atoms with Gasteiger partial charge in [-0.3, -0.25) is 10.1 Å².